The summed E-state index contributed by atoms with van der Waals surface area (Å²) in [5.41, 5.74) is 2.93. The van der Waals surface area contributed by atoms with Crippen LogP contribution >= 0.6 is 11.6 Å². The van der Waals surface area contributed by atoms with E-state index in [-0.39, 0.29) is 5.56 Å². The van der Waals surface area contributed by atoms with E-state index in [1.807, 2.05) is 49.4 Å². The maximum atomic E-state index is 13.1. The molecular weight excluding hydrogens is 388 g/mol. The normalized spacial score (nSPS) is 10.9. The molecule has 0 N–H and O–H groups in total. The third-order valence-corrected chi connectivity index (χ3v) is 4.96. The summed E-state index contributed by atoms with van der Waals surface area (Å²) in [6.07, 6.45) is 1.48. The molecule has 0 aliphatic carbocycles. The van der Waals surface area contributed by atoms with Crippen LogP contribution in [0.3, 0.4) is 0 Å². The zero-order valence-electron chi connectivity index (χ0n) is 16.1. The number of benzene rings is 3. The number of ether oxygens (including phenoxy) is 2. The highest BCUT2D eigenvalue weighted by atomic mass is 35.5. The minimum absolute atomic E-state index is 0.226. The Hall–Kier alpha value is -3.31. The van der Waals surface area contributed by atoms with Gasteiger partial charge in [-0.1, -0.05) is 48.0 Å². The van der Waals surface area contributed by atoms with Crippen molar-refractivity contribution in [2.45, 2.75) is 13.5 Å². The molecule has 0 saturated heterocycles. The molecule has 0 aliphatic heterocycles. The quantitative estimate of drug-likeness (QED) is 0.471. The Kier molecular flexibility index (Phi) is 5.23. The number of rotatable bonds is 5. The van der Waals surface area contributed by atoms with Crippen molar-refractivity contribution in [1.82, 2.24) is 9.55 Å². The molecule has 0 unspecified atom stereocenters. The van der Waals surface area contributed by atoms with E-state index < -0.39 is 0 Å². The van der Waals surface area contributed by atoms with Crippen LogP contribution in [0.2, 0.25) is 5.02 Å². The molecule has 0 fully saturated rings. The van der Waals surface area contributed by atoms with E-state index in [4.69, 9.17) is 21.1 Å². The van der Waals surface area contributed by atoms with Gasteiger partial charge in [0.25, 0.3) is 5.56 Å². The Labute approximate surface area is 173 Å². The lowest BCUT2D eigenvalue weighted by molar-refractivity contribution is 0.285. The molecule has 0 radical (unpaired) electrons. The Bertz CT molecular complexity index is 1240. The molecule has 1 heterocycles. The second-order valence-electron chi connectivity index (χ2n) is 6.67. The molecule has 0 aliphatic rings. The van der Waals surface area contributed by atoms with Crippen molar-refractivity contribution in [2.24, 2.45) is 0 Å². The highest BCUT2D eigenvalue weighted by molar-refractivity contribution is 6.32. The first-order chi connectivity index (χ1) is 14.1. The van der Waals surface area contributed by atoms with E-state index in [1.165, 1.54) is 10.9 Å². The van der Waals surface area contributed by atoms with Crippen LogP contribution in [-0.4, -0.2) is 16.7 Å². The van der Waals surface area contributed by atoms with Crippen molar-refractivity contribution in [3.05, 3.63) is 93.5 Å². The molecule has 6 heteroatoms. The zero-order valence-corrected chi connectivity index (χ0v) is 16.8. The average molecular weight is 407 g/mol. The second-order valence-corrected chi connectivity index (χ2v) is 7.08. The lowest BCUT2D eigenvalue weighted by atomic mass is 10.2. The molecule has 3 aromatic carbocycles. The number of nitrogens with zero attached hydrogens (tertiary/aromatic N) is 2. The van der Waals surface area contributed by atoms with Crippen molar-refractivity contribution in [3.63, 3.8) is 0 Å². The highest BCUT2D eigenvalue weighted by Crippen LogP contribution is 2.31. The first kappa shape index (κ1) is 19.0. The van der Waals surface area contributed by atoms with Gasteiger partial charge in [-0.3, -0.25) is 9.36 Å². The fraction of sp³-hybridized carbons (Fsp3) is 0.130. The van der Waals surface area contributed by atoms with E-state index in [2.05, 4.69) is 4.98 Å². The van der Waals surface area contributed by atoms with Crippen LogP contribution in [0.5, 0.6) is 11.5 Å². The topological polar surface area (TPSA) is 53.4 Å². The molecule has 29 heavy (non-hydrogen) atoms. The molecule has 0 atom stereocenters. The van der Waals surface area contributed by atoms with Gasteiger partial charge in [0.2, 0.25) is 0 Å². The van der Waals surface area contributed by atoms with Crippen LogP contribution in [0.25, 0.3) is 16.6 Å². The molecule has 4 rings (SSSR count). The van der Waals surface area contributed by atoms with Gasteiger partial charge in [-0.05, 0) is 36.2 Å². The van der Waals surface area contributed by atoms with Gasteiger partial charge in [-0.25, -0.2) is 4.98 Å². The van der Waals surface area contributed by atoms with Crippen LogP contribution in [-0.2, 0) is 6.61 Å². The standard InChI is InChI=1S/C23H19ClN2O3/c1-15-8-9-18(24)20(10-15)26-14-25-19-12-22(21(28-2)11-17(19)23(26)27)29-13-16-6-4-3-5-7-16/h3-12,14H,13H2,1-2H3. The van der Waals surface area contributed by atoms with Gasteiger partial charge in [0.15, 0.2) is 11.5 Å². The third kappa shape index (κ3) is 3.82. The molecule has 1 aromatic heterocycles. The Balaban J connectivity index is 1.77. The van der Waals surface area contributed by atoms with Crippen molar-refractivity contribution in [2.75, 3.05) is 7.11 Å². The van der Waals surface area contributed by atoms with Crippen LogP contribution in [0.15, 0.2) is 71.8 Å². The molecule has 0 spiro atoms. The largest absolute Gasteiger partial charge is 0.493 e. The summed E-state index contributed by atoms with van der Waals surface area (Å²) in [6, 6.07) is 18.7. The van der Waals surface area contributed by atoms with Crippen LogP contribution in [0.4, 0.5) is 0 Å². The van der Waals surface area contributed by atoms with Crippen LogP contribution < -0.4 is 15.0 Å². The number of halogens is 1. The minimum Gasteiger partial charge on any atom is -0.493 e. The molecule has 0 bridgehead atoms. The lowest BCUT2D eigenvalue weighted by Gasteiger charge is -2.13. The summed E-state index contributed by atoms with van der Waals surface area (Å²) in [5.74, 6) is 1.00. The molecular formula is C23H19ClN2O3. The van der Waals surface area contributed by atoms with Crippen molar-refractivity contribution in [1.29, 1.82) is 0 Å². The van der Waals surface area contributed by atoms with Gasteiger partial charge < -0.3 is 9.47 Å². The zero-order chi connectivity index (χ0) is 20.4. The fourth-order valence-electron chi connectivity index (χ4n) is 3.12. The number of methoxy groups -OCH3 is 1. The fourth-order valence-corrected chi connectivity index (χ4v) is 3.32. The monoisotopic (exact) mass is 406 g/mol. The maximum absolute atomic E-state index is 13.1. The number of aromatic nitrogens is 2. The summed E-state index contributed by atoms with van der Waals surface area (Å²) in [6.45, 7) is 2.33. The molecule has 4 aromatic rings. The first-order valence-corrected chi connectivity index (χ1v) is 9.47. The second kappa shape index (κ2) is 7.97. The SMILES string of the molecule is COc1cc2c(=O)n(-c3cc(C)ccc3Cl)cnc2cc1OCc1ccccc1. The smallest absolute Gasteiger partial charge is 0.265 e. The predicted octanol–water partition coefficient (Wildman–Crippen LogP) is 4.94. The average Bonchev–Trinajstić information content (AvgIpc) is 2.75. The summed E-state index contributed by atoms with van der Waals surface area (Å²) in [5, 5.41) is 0.905. The van der Waals surface area contributed by atoms with Gasteiger partial charge in [-0.15, -0.1) is 0 Å². The van der Waals surface area contributed by atoms with E-state index in [0.29, 0.717) is 39.7 Å². The summed E-state index contributed by atoms with van der Waals surface area (Å²) in [7, 11) is 1.54. The predicted molar refractivity (Wildman–Crippen MR) is 114 cm³/mol. The van der Waals surface area contributed by atoms with Gasteiger partial charge >= 0.3 is 0 Å². The third-order valence-electron chi connectivity index (χ3n) is 4.64. The molecule has 5 nitrogen and oxygen atoms in total. The minimum atomic E-state index is -0.226. The maximum Gasteiger partial charge on any atom is 0.265 e. The van der Waals surface area contributed by atoms with E-state index >= 15 is 0 Å². The Morgan fingerprint density at radius 3 is 2.59 bits per heavy atom. The van der Waals surface area contributed by atoms with E-state index in [0.717, 1.165) is 11.1 Å². The molecule has 0 saturated carbocycles. The van der Waals surface area contributed by atoms with E-state index in [9.17, 15) is 4.79 Å². The van der Waals surface area contributed by atoms with Crippen molar-refractivity contribution < 1.29 is 9.47 Å². The lowest BCUT2D eigenvalue weighted by Crippen LogP contribution is -2.19. The van der Waals surface area contributed by atoms with Crippen LogP contribution in [0, 0.1) is 6.92 Å². The number of hydrogen-bond donors (Lipinski definition) is 0. The summed E-state index contributed by atoms with van der Waals surface area (Å²) < 4.78 is 12.8. The van der Waals surface area contributed by atoms with Gasteiger partial charge in [0.05, 0.1) is 28.7 Å². The summed E-state index contributed by atoms with van der Waals surface area (Å²) >= 11 is 6.30. The Morgan fingerprint density at radius 2 is 1.83 bits per heavy atom. The number of fused-ring (bicyclic) bond motifs is 1. The van der Waals surface area contributed by atoms with Gasteiger partial charge in [0, 0.05) is 6.07 Å². The number of aryl methyl sites for hydroxylation is 1. The van der Waals surface area contributed by atoms with E-state index in [1.54, 1.807) is 25.3 Å². The summed E-state index contributed by atoms with van der Waals surface area (Å²) in [4.78, 5) is 17.6. The Morgan fingerprint density at radius 1 is 1.03 bits per heavy atom. The highest BCUT2D eigenvalue weighted by Gasteiger charge is 2.14. The van der Waals surface area contributed by atoms with Gasteiger partial charge in [0.1, 0.15) is 12.9 Å². The molecule has 0 amide bonds. The molecule has 146 valence electrons. The first-order valence-electron chi connectivity index (χ1n) is 9.09. The van der Waals surface area contributed by atoms with Crippen LogP contribution in [0.1, 0.15) is 11.1 Å². The number of hydrogen-bond acceptors (Lipinski definition) is 4. The van der Waals surface area contributed by atoms with Crippen molar-refractivity contribution in [3.8, 4) is 17.2 Å². The van der Waals surface area contributed by atoms with Gasteiger partial charge in [-0.2, -0.15) is 0 Å². The van der Waals surface area contributed by atoms with Crippen molar-refractivity contribution >= 4 is 22.5 Å².